The molecular weight excluding hydrogens is 208 g/mol. The molecule has 2 aromatic rings. The monoisotopic (exact) mass is 224 g/mol. The Morgan fingerprint density at radius 2 is 2.12 bits per heavy atom. The molecule has 86 valence electrons. The van der Waals surface area contributed by atoms with Gasteiger partial charge in [-0.2, -0.15) is 0 Å². The molecule has 1 aromatic carbocycles. The van der Waals surface area contributed by atoms with Gasteiger partial charge in [0.15, 0.2) is 0 Å². The number of pyridine rings is 1. The summed E-state index contributed by atoms with van der Waals surface area (Å²) in [5.74, 6) is 6.41. The Bertz CT molecular complexity index is 544. The molecule has 2 heteroatoms. The second kappa shape index (κ2) is 6.03. The Morgan fingerprint density at radius 1 is 1.18 bits per heavy atom. The standard InChI is InChI=1S/C15H16N2/c16-10-4-2-1-3-6-13-7-5-8-14-9-11-17-12-15(13)14/h5,7-9,11-12H,1-2,4,10,16H2. The largest absolute Gasteiger partial charge is 0.330 e. The highest BCUT2D eigenvalue weighted by Crippen LogP contribution is 2.16. The molecular formula is C15H16N2. The Labute approximate surface area is 102 Å². The van der Waals surface area contributed by atoms with E-state index < -0.39 is 0 Å². The summed E-state index contributed by atoms with van der Waals surface area (Å²) in [6, 6.07) is 8.16. The van der Waals surface area contributed by atoms with E-state index in [2.05, 4.69) is 22.9 Å². The molecule has 0 saturated heterocycles. The zero-order valence-electron chi connectivity index (χ0n) is 9.82. The number of hydrogen-bond acceptors (Lipinski definition) is 2. The van der Waals surface area contributed by atoms with Crippen molar-refractivity contribution in [2.45, 2.75) is 19.3 Å². The fourth-order valence-corrected chi connectivity index (χ4v) is 1.74. The van der Waals surface area contributed by atoms with Crippen molar-refractivity contribution in [3.8, 4) is 11.8 Å². The van der Waals surface area contributed by atoms with Crippen LogP contribution in [0.2, 0.25) is 0 Å². The fourth-order valence-electron chi connectivity index (χ4n) is 1.74. The van der Waals surface area contributed by atoms with Crippen molar-refractivity contribution >= 4 is 10.8 Å². The van der Waals surface area contributed by atoms with Gasteiger partial charge in [0.25, 0.3) is 0 Å². The van der Waals surface area contributed by atoms with Crippen LogP contribution in [0.3, 0.4) is 0 Å². The predicted octanol–water partition coefficient (Wildman–Crippen LogP) is 2.72. The summed E-state index contributed by atoms with van der Waals surface area (Å²) in [5, 5.41) is 2.31. The van der Waals surface area contributed by atoms with Crippen LogP contribution >= 0.6 is 0 Å². The molecule has 0 saturated carbocycles. The lowest BCUT2D eigenvalue weighted by atomic mass is 10.1. The number of fused-ring (bicyclic) bond motifs is 1. The van der Waals surface area contributed by atoms with Crippen LogP contribution in [0.5, 0.6) is 0 Å². The minimum Gasteiger partial charge on any atom is -0.330 e. The minimum absolute atomic E-state index is 0.750. The minimum atomic E-state index is 0.750. The number of benzene rings is 1. The number of hydrogen-bond donors (Lipinski definition) is 1. The highest BCUT2D eigenvalue weighted by Gasteiger charge is 1.96. The number of rotatable bonds is 3. The molecule has 2 rings (SSSR count). The van der Waals surface area contributed by atoms with E-state index >= 15 is 0 Å². The van der Waals surface area contributed by atoms with Gasteiger partial charge in [0.1, 0.15) is 0 Å². The third kappa shape index (κ3) is 3.05. The van der Waals surface area contributed by atoms with Crippen LogP contribution in [0.1, 0.15) is 24.8 Å². The maximum absolute atomic E-state index is 5.44. The summed E-state index contributed by atoms with van der Waals surface area (Å²) in [6.07, 6.45) is 6.71. The van der Waals surface area contributed by atoms with Crippen LogP contribution in [0.15, 0.2) is 36.7 Å². The summed E-state index contributed by atoms with van der Waals surface area (Å²) in [7, 11) is 0. The highest BCUT2D eigenvalue weighted by molar-refractivity contribution is 5.87. The first-order chi connectivity index (χ1) is 8.42. The summed E-state index contributed by atoms with van der Waals surface area (Å²) < 4.78 is 0. The molecule has 0 unspecified atom stereocenters. The predicted molar refractivity (Wildman–Crippen MR) is 71.5 cm³/mol. The number of nitrogens with zero attached hydrogens (tertiary/aromatic N) is 1. The van der Waals surface area contributed by atoms with Crippen molar-refractivity contribution in [2.24, 2.45) is 5.73 Å². The summed E-state index contributed by atoms with van der Waals surface area (Å²) >= 11 is 0. The van der Waals surface area contributed by atoms with Crippen LogP contribution in [0.4, 0.5) is 0 Å². The third-order valence-electron chi connectivity index (χ3n) is 2.66. The first-order valence-electron chi connectivity index (χ1n) is 5.93. The van der Waals surface area contributed by atoms with Gasteiger partial charge in [0.2, 0.25) is 0 Å². The topological polar surface area (TPSA) is 38.9 Å². The van der Waals surface area contributed by atoms with E-state index in [0.717, 1.165) is 36.8 Å². The molecule has 0 aliphatic heterocycles. The Balaban J connectivity index is 2.18. The maximum atomic E-state index is 5.44. The van der Waals surface area contributed by atoms with E-state index in [-0.39, 0.29) is 0 Å². The highest BCUT2D eigenvalue weighted by atomic mass is 14.6. The first-order valence-corrected chi connectivity index (χ1v) is 5.93. The van der Waals surface area contributed by atoms with Gasteiger partial charge in [0.05, 0.1) is 0 Å². The van der Waals surface area contributed by atoms with E-state index in [1.54, 1.807) is 6.20 Å². The number of unbranched alkanes of at least 4 members (excludes halogenated alkanes) is 2. The van der Waals surface area contributed by atoms with Crippen LogP contribution in [-0.4, -0.2) is 11.5 Å². The summed E-state index contributed by atoms with van der Waals surface area (Å²) in [6.45, 7) is 0.750. The van der Waals surface area contributed by atoms with Gasteiger partial charge in [0, 0.05) is 29.8 Å². The fraction of sp³-hybridized carbons (Fsp3) is 0.267. The maximum Gasteiger partial charge on any atom is 0.0358 e. The lowest BCUT2D eigenvalue weighted by molar-refractivity contribution is 0.768. The number of aromatic nitrogens is 1. The van der Waals surface area contributed by atoms with Gasteiger partial charge in [-0.3, -0.25) is 4.98 Å². The molecule has 0 aliphatic rings. The van der Waals surface area contributed by atoms with E-state index in [1.165, 1.54) is 5.39 Å². The molecule has 0 atom stereocenters. The van der Waals surface area contributed by atoms with E-state index in [0.29, 0.717) is 0 Å². The van der Waals surface area contributed by atoms with Crippen LogP contribution in [-0.2, 0) is 0 Å². The normalized spacial score (nSPS) is 9.94. The van der Waals surface area contributed by atoms with Crippen LogP contribution in [0.25, 0.3) is 10.8 Å². The Hall–Kier alpha value is -1.85. The van der Waals surface area contributed by atoms with Gasteiger partial charge in [-0.25, -0.2) is 0 Å². The summed E-state index contributed by atoms with van der Waals surface area (Å²) in [5.41, 5.74) is 6.50. The van der Waals surface area contributed by atoms with Crippen molar-refractivity contribution in [3.63, 3.8) is 0 Å². The molecule has 0 radical (unpaired) electrons. The van der Waals surface area contributed by atoms with Crippen molar-refractivity contribution in [1.82, 2.24) is 4.98 Å². The average molecular weight is 224 g/mol. The molecule has 2 nitrogen and oxygen atoms in total. The lowest BCUT2D eigenvalue weighted by Gasteiger charge is -1.98. The molecule has 0 bridgehead atoms. The average Bonchev–Trinajstić information content (AvgIpc) is 2.39. The quantitative estimate of drug-likeness (QED) is 0.643. The molecule has 17 heavy (non-hydrogen) atoms. The molecule has 2 N–H and O–H groups in total. The van der Waals surface area contributed by atoms with Crippen LogP contribution in [0, 0.1) is 11.8 Å². The van der Waals surface area contributed by atoms with Gasteiger partial charge in [-0.15, -0.1) is 0 Å². The SMILES string of the molecule is NCCCCC#Cc1cccc2ccncc12. The van der Waals surface area contributed by atoms with E-state index in [9.17, 15) is 0 Å². The second-order valence-corrected chi connectivity index (χ2v) is 3.95. The van der Waals surface area contributed by atoms with E-state index in [1.807, 2.05) is 24.4 Å². The van der Waals surface area contributed by atoms with Gasteiger partial charge >= 0.3 is 0 Å². The Kier molecular flexibility index (Phi) is 4.12. The van der Waals surface area contributed by atoms with Crippen molar-refractivity contribution in [2.75, 3.05) is 6.54 Å². The second-order valence-electron chi connectivity index (χ2n) is 3.95. The molecule has 0 aliphatic carbocycles. The number of nitrogens with two attached hydrogens (primary N) is 1. The van der Waals surface area contributed by atoms with Crippen molar-refractivity contribution < 1.29 is 0 Å². The smallest absolute Gasteiger partial charge is 0.0358 e. The van der Waals surface area contributed by atoms with Gasteiger partial charge < -0.3 is 5.73 Å². The zero-order valence-corrected chi connectivity index (χ0v) is 9.82. The summed E-state index contributed by atoms with van der Waals surface area (Å²) in [4.78, 5) is 4.15. The molecule has 1 aromatic heterocycles. The van der Waals surface area contributed by atoms with Crippen molar-refractivity contribution in [1.29, 1.82) is 0 Å². The van der Waals surface area contributed by atoms with Crippen LogP contribution < -0.4 is 5.73 Å². The molecule has 0 spiro atoms. The third-order valence-corrected chi connectivity index (χ3v) is 2.66. The first kappa shape index (κ1) is 11.6. The molecule has 0 amide bonds. The lowest BCUT2D eigenvalue weighted by Crippen LogP contribution is -1.96. The van der Waals surface area contributed by atoms with Crippen molar-refractivity contribution in [3.05, 3.63) is 42.2 Å². The van der Waals surface area contributed by atoms with Gasteiger partial charge in [-0.05, 0) is 36.9 Å². The van der Waals surface area contributed by atoms with Gasteiger partial charge in [-0.1, -0.05) is 24.0 Å². The molecule has 1 heterocycles. The zero-order chi connectivity index (χ0) is 11.9. The Morgan fingerprint density at radius 3 is 3.00 bits per heavy atom. The molecule has 0 fully saturated rings. The van der Waals surface area contributed by atoms with E-state index in [4.69, 9.17) is 5.73 Å².